The Balaban J connectivity index is 2.20. The van der Waals surface area contributed by atoms with Crippen molar-refractivity contribution in [2.24, 2.45) is 0 Å². The Kier molecular flexibility index (Phi) is 3.02. The molecule has 0 radical (unpaired) electrons. The minimum Gasteiger partial charge on any atom is -0.477 e. The van der Waals surface area contributed by atoms with E-state index in [1.54, 1.807) is 29.2 Å². The first kappa shape index (κ1) is 12.8. The molecule has 1 N–H and O–H groups in total. The van der Waals surface area contributed by atoms with Crippen molar-refractivity contribution < 1.29 is 14.3 Å². The van der Waals surface area contributed by atoms with Crippen molar-refractivity contribution in [3.63, 3.8) is 0 Å². The highest BCUT2D eigenvalue weighted by Crippen LogP contribution is 2.33. The highest BCUT2D eigenvalue weighted by molar-refractivity contribution is 7.21. The average molecular weight is 290 g/mol. The Morgan fingerprint density at radius 3 is 2.95 bits per heavy atom. The Morgan fingerprint density at radius 1 is 1.50 bits per heavy atom. The van der Waals surface area contributed by atoms with E-state index in [0.29, 0.717) is 15.6 Å². The molecule has 20 heavy (non-hydrogen) atoms. The summed E-state index contributed by atoms with van der Waals surface area (Å²) in [6.07, 6.45) is 3.49. The predicted molar refractivity (Wildman–Crippen MR) is 74.8 cm³/mol. The molecule has 2 heterocycles. The second-order valence-corrected chi connectivity index (χ2v) is 5.60. The molecule has 2 aromatic heterocycles. The highest BCUT2D eigenvalue weighted by atomic mass is 32.1. The fourth-order valence-electron chi connectivity index (χ4n) is 2.21. The molecule has 3 rings (SSSR count). The number of aromatic nitrogens is 2. The molecule has 102 valence electrons. The predicted octanol–water partition coefficient (Wildman–Crippen LogP) is 3.29. The van der Waals surface area contributed by atoms with Gasteiger partial charge in [-0.1, -0.05) is 6.07 Å². The molecule has 0 aliphatic heterocycles. The van der Waals surface area contributed by atoms with Crippen molar-refractivity contribution in [3.8, 4) is 0 Å². The van der Waals surface area contributed by atoms with Gasteiger partial charge in [-0.3, -0.25) is 4.68 Å². The largest absolute Gasteiger partial charge is 0.477 e. The summed E-state index contributed by atoms with van der Waals surface area (Å²) in [5, 5.41) is 13.8. The smallest absolute Gasteiger partial charge is 0.346 e. The van der Waals surface area contributed by atoms with Gasteiger partial charge in [0.15, 0.2) is 0 Å². The molecule has 0 aliphatic rings. The van der Waals surface area contributed by atoms with Gasteiger partial charge in [-0.05, 0) is 24.6 Å². The van der Waals surface area contributed by atoms with Crippen LogP contribution in [0.5, 0.6) is 0 Å². The summed E-state index contributed by atoms with van der Waals surface area (Å²) in [6.45, 7) is 2.14. The van der Waals surface area contributed by atoms with Crippen LogP contribution in [-0.2, 0) is 6.54 Å². The monoisotopic (exact) mass is 290 g/mol. The molecular formula is C14H11FN2O2S. The lowest BCUT2D eigenvalue weighted by molar-refractivity contribution is 0.0701. The van der Waals surface area contributed by atoms with Crippen LogP contribution in [0.2, 0.25) is 0 Å². The highest BCUT2D eigenvalue weighted by Gasteiger charge is 2.20. The number of benzene rings is 1. The van der Waals surface area contributed by atoms with Gasteiger partial charge in [0, 0.05) is 21.8 Å². The minimum atomic E-state index is -1.04. The first-order valence-corrected chi connectivity index (χ1v) is 6.80. The zero-order chi connectivity index (χ0) is 14.3. The van der Waals surface area contributed by atoms with Crippen LogP contribution in [0.1, 0.15) is 20.8 Å². The van der Waals surface area contributed by atoms with E-state index in [0.717, 1.165) is 16.9 Å². The SMILES string of the molecule is Cc1cnn(Cc2c(C(=O)O)sc3cccc(F)c23)c1. The Labute approximate surface area is 118 Å². The first-order chi connectivity index (χ1) is 9.56. The molecule has 1 aromatic carbocycles. The van der Waals surface area contributed by atoms with Gasteiger partial charge in [0.25, 0.3) is 0 Å². The van der Waals surface area contributed by atoms with Crippen molar-refractivity contribution >= 4 is 27.4 Å². The number of rotatable bonds is 3. The third kappa shape index (κ3) is 2.08. The summed E-state index contributed by atoms with van der Waals surface area (Å²) in [5.74, 6) is -1.44. The molecule has 0 aliphatic carbocycles. The molecule has 3 aromatic rings. The van der Waals surface area contributed by atoms with Crippen LogP contribution in [0.15, 0.2) is 30.6 Å². The molecule has 0 saturated heterocycles. The van der Waals surface area contributed by atoms with Gasteiger partial charge in [-0.25, -0.2) is 9.18 Å². The van der Waals surface area contributed by atoms with Crippen molar-refractivity contribution in [1.29, 1.82) is 0 Å². The van der Waals surface area contributed by atoms with E-state index >= 15 is 0 Å². The van der Waals surface area contributed by atoms with Crippen molar-refractivity contribution in [3.05, 3.63) is 52.4 Å². The maximum absolute atomic E-state index is 14.0. The number of carboxylic acid groups (broad SMARTS) is 1. The van der Waals surface area contributed by atoms with Crippen molar-refractivity contribution in [2.45, 2.75) is 13.5 Å². The van der Waals surface area contributed by atoms with Crippen LogP contribution in [-0.4, -0.2) is 20.9 Å². The molecule has 0 bridgehead atoms. The third-order valence-corrected chi connectivity index (χ3v) is 4.23. The van der Waals surface area contributed by atoms with Crippen LogP contribution in [0.25, 0.3) is 10.1 Å². The van der Waals surface area contributed by atoms with E-state index in [-0.39, 0.29) is 11.4 Å². The average Bonchev–Trinajstić information content (AvgIpc) is 2.95. The van der Waals surface area contributed by atoms with Crippen molar-refractivity contribution in [1.82, 2.24) is 9.78 Å². The number of hydrogen-bond donors (Lipinski definition) is 1. The van der Waals surface area contributed by atoms with Gasteiger partial charge in [-0.15, -0.1) is 11.3 Å². The van der Waals surface area contributed by atoms with E-state index in [9.17, 15) is 14.3 Å². The lowest BCUT2D eigenvalue weighted by Crippen LogP contribution is -2.05. The van der Waals surface area contributed by atoms with Crippen LogP contribution >= 0.6 is 11.3 Å². The first-order valence-electron chi connectivity index (χ1n) is 5.98. The minimum absolute atomic E-state index is 0.165. The maximum atomic E-state index is 14.0. The van der Waals surface area contributed by atoms with Crippen LogP contribution < -0.4 is 0 Å². The quantitative estimate of drug-likeness (QED) is 0.805. The lowest BCUT2D eigenvalue weighted by atomic mass is 10.1. The summed E-state index contributed by atoms with van der Waals surface area (Å²) in [6, 6.07) is 4.66. The van der Waals surface area contributed by atoms with Gasteiger partial charge in [0.1, 0.15) is 10.7 Å². The Morgan fingerprint density at radius 2 is 2.30 bits per heavy atom. The number of hydrogen-bond acceptors (Lipinski definition) is 3. The summed E-state index contributed by atoms with van der Waals surface area (Å²) in [4.78, 5) is 11.5. The molecular weight excluding hydrogens is 279 g/mol. The van der Waals surface area contributed by atoms with Crippen molar-refractivity contribution in [2.75, 3.05) is 0 Å². The molecule has 4 nitrogen and oxygen atoms in total. The third-order valence-electron chi connectivity index (χ3n) is 3.04. The second-order valence-electron chi connectivity index (χ2n) is 4.54. The molecule has 0 fully saturated rings. The standard InChI is InChI=1S/C14H11FN2O2S/c1-8-5-16-17(6-8)7-9-12-10(15)3-2-4-11(12)20-13(9)14(18)19/h2-6H,7H2,1H3,(H,18,19). The zero-order valence-electron chi connectivity index (χ0n) is 10.6. The van der Waals surface area contributed by atoms with E-state index in [2.05, 4.69) is 5.10 Å². The van der Waals surface area contributed by atoms with E-state index in [4.69, 9.17) is 0 Å². The fourth-order valence-corrected chi connectivity index (χ4v) is 3.27. The molecule has 0 spiro atoms. The lowest BCUT2D eigenvalue weighted by Gasteiger charge is -2.03. The molecule has 0 saturated carbocycles. The van der Waals surface area contributed by atoms with Gasteiger partial charge in [-0.2, -0.15) is 5.10 Å². The normalized spacial score (nSPS) is 11.1. The van der Waals surface area contributed by atoms with Gasteiger partial charge in [0.05, 0.1) is 12.7 Å². The van der Waals surface area contributed by atoms with Crippen LogP contribution in [0.3, 0.4) is 0 Å². The number of aromatic carboxylic acids is 1. The fraction of sp³-hybridized carbons (Fsp3) is 0.143. The number of thiophene rings is 1. The van der Waals surface area contributed by atoms with Gasteiger partial charge in [0.2, 0.25) is 0 Å². The van der Waals surface area contributed by atoms with Gasteiger partial charge >= 0.3 is 5.97 Å². The van der Waals surface area contributed by atoms with Gasteiger partial charge < -0.3 is 5.11 Å². The maximum Gasteiger partial charge on any atom is 0.346 e. The van der Waals surface area contributed by atoms with E-state index in [1.165, 1.54) is 6.07 Å². The number of carbonyl (C=O) groups is 1. The number of fused-ring (bicyclic) bond motifs is 1. The number of aryl methyl sites for hydroxylation is 1. The van der Waals surface area contributed by atoms with E-state index in [1.807, 2.05) is 6.92 Å². The molecule has 0 unspecified atom stereocenters. The summed E-state index contributed by atoms with van der Waals surface area (Å²) in [5.41, 5.74) is 1.44. The molecule has 0 atom stereocenters. The molecule has 6 heteroatoms. The van der Waals surface area contributed by atoms with E-state index < -0.39 is 11.8 Å². The summed E-state index contributed by atoms with van der Waals surface area (Å²) in [7, 11) is 0. The number of carboxylic acids is 1. The Hall–Kier alpha value is -2.21. The zero-order valence-corrected chi connectivity index (χ0v) is 11.4. The number of nitrogens with zero attached hydrogens (tertiary/aromatic N) is 2. The second kappa shape index (κ2) is 4.72. The molecule has 0 amide bonds. The summed E-state index contributed by atoms with van der Waals surface area (Å²) < 4.78 is 16.3. The summed E-state index contributed by atoms with van der Waals surface area (Å²) >= 11 is 1.09. The van der Waals surface area contributed by atoms with Crippen LogP contribution in [0.4, 0.5) is 4.39 Å². The van der Waals surface area contributed by atoms with Crippen LogP contribution in [0, 0.1) is 12.7 Å². The number of halogens is 1. The Bertz CT molecular complexity index is 807. The topological polar surface area (TPSA) is 55.1 Å².